The van der Waals surface area contributed by atoms with Crippen molar-refractivity contribution in [1.82, 2.24) is 0 Å². The van der Waals surface area contributed by atoms with Gasteiger partial charge in [0.15, 0.2) is 0 Å². The maximum absolute atomic E-state index is 2.49. The molecule has 16 heavy (non-hydrogen) atoms. The smallest absolute Gasteiger partial charge is 0.328 e. The summed E-state index contributed by atoms with van der Waals surface area (Å²) in [5, 5.41) is 0. The van der Waals surface area contributed by atoms with E-state index in [1.54, 1.807) is 19.3 Å². The summed E-state index contributed by atoms with van der Waals surface area (Å²) in [4.78, 5) is 0. The van der Waals surface area contributed by atoms with E-state index in [-0.39, 0.29) is 58.2 Å². The Kier molecular flexibility index (Phi) is 8.75. The third-order valence-electron chi connectivity index (χ3n) is 4.77. The molecule has 0 N–H and O–H groups in total. The van der Waals surface area contributed by atoms with E-state index >= 15 is 0 Å². The van der Waals surface area contributed by atoms with Crippen molar-refractivity contribution in [2.24, 2.45) is 17.8 Å². The van der Waals surface area contributed by atoms with Gasteiger partial charge in [-0.1, -0.05) is 51.9 Å². The van der Waals surface area contributed by atoms with Crippen LogP contribution in [-0.4, -0.2) is 0 Å². The molecule has 0 saturated heterocycles. The van der Waals surface area contributed by atoms with Gasteiger partial charge in [0.25, 0.3) is 0 Å². The molecule has 0 amide bonds. The number of rotatable bonds is 3. The molecule has 0 aliphatic heterocycles. The predicted octanol–water partition coefficient (Wildman–Crippen LogP) is 1.99. The van der Waals surface area contributed by atoms with Crippen LogP contribution in [0.15, 0.2) is 0 Å². The standard InChI is InChI=1S/C15H27.Rb/c1-2-13-8-10-15(11-9-13)12-14-6-4-3-5-7-14;/h3,13-15H,2,4-12H2,1H3;/q-1;+1. The number of hydrogen-bond acceptors (Lipinski definition) is 0. The molecule has 0 spiro atoms. The molecule has 0 bridgehead atoms. The molecule has 2 fully saturated rings. The van der Waals surface area contributed by atoms with E-state index in [0.717, 1.165) is 17.8 Å². The molecule has 0 nitrogen and oxygen atoms in total. The molecule has 2 aliphatic carbocycles. The molecule has 0 aromatic heterocycles. The first kappa shape index (κ1) is 15.9. The molecule has 2 saturated carbocycles. The SMILES string of the molecule is CCC1CCC(CC2CC[CH-]CC2)CC1.[Rb+]. The molecular weight excluding hydrogens is 266 g/mol. The van der Waals surface area contributed by atoms with Crippen LogP contribution in [-0.2, 0) is 0 Å². The van der Waals surface area contributed by atoms with Crippen LogP contribution in [0.5, 0.6) is 0 Å². The van der Waals surface area contributed by atoms with Gasteiger partial charge in [-0.05, 0) is 24.2 Å². The van der Waals surface area contributed by atoms with Crippen LogP contribution in [0.25, 0.3) is 0 Å². The van der Waals surface area contributed by atoms with Crippen LogP contribution in [0.4, 0.5) is 0 Å². The molecule has 0 aromatic rings. The fourth-order valence-corrected chi connectivity index (χ4v) is 3.58. The molecule has 0 heterocycles. The first-order chi connectivity index (χ1) is 7.38. The summed E-state index contributed by atoms with van der Waals surface area (Å²) < 4.78 is 0. The topological polar surface area (TPSA) is 0 Å². The summed E-state index contributed by atoms with van der Waals surface area (Å²) in [6.07, 6.45) is 17.4. The molecule has 2 aliphatic rings. The van der Waals surface area contributed by atoms with Gasteiger partial charge in [-0.25, -0.2) is 0 Å². The van der Waals surface area contributed by atoms with Crippen molar-refractivity contribution in [2.75, 3.05) is 0 Å². The summed E-state index contributed by atoms with van der Waals surface area (Å²) in [5.41, 5.74) is 0. The number of hydrogen-bond donors (Lipinski definition) is 0. The second kappa shape index (κ2) is 8.83. The van der Waals surface area contributed by atoms with Crippen LogP contribution in [0.2, 0.25) is 0 Å². The molecule has 0 atom stereocenters. The van der Waals surface area contributed by atoms with E-state index in [0.29, 0.717) is 0 Å². The summed E-state index contributed by atoms with van der Waals surface area (Å²) in [5.74, 6) is 3.25. The quantitative estimate of drug-likeness (QED) is 0.698. The zero-order valence-corrected chi connectivity index (χ0v) is 16.3. The molecule has 0 aromatic carbocycles. The summed E-state index contributed by atoms with van der Waals surface area (Å²) >= 11 is 0. The molecule has 0 radical (unpaired) electrons. The minimum absolute atomic E-state index is 0. The maximum Gasteiger partial charge on any atom is 1.00 e. The van der Waals surface area contributed by atoms with Crippen LogP contribution in [0.1, 0.15) is 71.1 Å². The molecular formula is C15H27Rb. The van der Waals surface area contributed by atoms with Crippen molar-refractivity contribution >= 4 is 0 Å². The first-order valence-electron chi connectivity index (χ1n) is 7.20. The average Bonchev–Trinajstić information content (AvgIpc) is 2.31. The Morgan fingerprint density at radius 2 is 1.31 bits per heavy atom. The average molecular weight is 293 g/mol. The normalized spacial score (nSPS) is 32.1. The Bertz CT molecular complexity index is 164. The van der Waals surface area contributed by atoms with Crippen molar-refractivity contribution in [1.29, 1.82) is 0 Å². The van der Waals surface area contributed by atoms with E-state index in [9.17, 15) is 0 Å². The Labute approximate surface area is 151 Å². The monoisotopic (exact) mass is 292 g/mol. The van der Waals surface area contributed by atoms with Crippen molar-refractivity contribution in [3.63, 3.8) is 0 Å². The van der Waals surface area contributed by atoms with Crippen molar-refractivity contribution in [3.05, 3.63) is 6.42 Å². The Morgan fingerprint density at radius 3 is 1.88 bits per heavy atom. The predicted molar refractivity (Wildman–Crippen MR) is 66.6 cm³/mol. The van der Waals surface area contributed by atoms with Gasteiger partial charge in [0.05, 0.1) is 0 Å². The second-order valence-electron chi connectivity index (χ2n) is 5.84. The fourth-order valence-electron chi connectivity index (χ4n) is 3.58. The van der Waals surface area contributed by atoms with E-state index in [4.69, 9.17) is 0 Å². The van der Waals surface area contributed by atoms with Crippen LogP contribution in [0, 0.1) is 24.2 Å². The van der Waals surface area contributed by atoms with Crippen LogP contribution < -0.4 is 58.2 Å². The minimum Gasteiger partial charge on any atom is -0.328 e. The van der Waals surface area contributed by atoms with Gasteiger partial charge >= 0.3 is 58.2 Å². The summed E-state index contributed by atoms with van der Waals surface area (Å²) in [6, 6.07) is 0. The zero-order chi connectivity index (χ0) is 10.5. The zero-order valence-electron chi connectivity index (χ0n) is 11.4. The van der Waals surface area contributed by atoms with E-state index in [1.165, 1.54) is 44.9 Å². The molecule has 0 unspecified atom stereocenters. The largest absolute Gasteiger partial charge is 1.00 e. The van der Waals surface area contributed by atoms with Crippen molar-refractivity contribution in [3.8, 4) is 0 Å². The maximum atomic E-state index is 2.49. The fraction of sp³-hybridized carbons (Fsp3) is 0.933. The van der Waals surface area contributed by atoms with Gasteiger partial charge in [-0.15, -0.1) is 0 Å². The Balaban J connectivity index is 0.00000128. The third-order valence-corrected chi connectivity index (χ3v) is 4.77. The van der Waals surface area contributed by atoms with E-state index in [2.05, 4.69) is 13.3 Å². The van der Waals surface area contributed by atoms with Crippen molar-refractivity contribution < 1.29 is 58.2 Å². The molecule has 1 heteroatoms. The molecule has 88 valence electrons. The van der Waals surface area contributed by atoms with E-state index < -0.39 is 0 Å². The van der Waals surface area contributed by atoms with Gasteiger partial charge in [0.1, 0.15) is 0 Å². The van der Waals surface area contributed by atoms with Crippen LogP contribution >= 0.6 is 0 Å². The Morgan fingerprint density at radius 1 is 0.812 bits per heavy atom. The van der Waals surface area contributed by atoms with Gasteiger partial charge in [-0.3, -0.25) is 0 Å². The summed E-state index contributed by atoms with van der Waals surface area (Å²) in [7, 11) is 0. The second-order valence-corrected chi connectivity index (χ2v) is 5.84. The Hall–Kier alpha value is 1.81. The van der Waals surface area contributed by atoms with Crippen molar-refractivity contribution in [2.45, 2.75) is 71.1 Å². The van der Waals surface area contributed by atoms with E-state index in [1.807, 2.05) is 0 Å². The van der Waals surface area contributed by atoms with Gasteiger partial charge in [0, 0.05) is 0 Å². The van der Waals surface area contributed by atoms with Gasteiger partial charge in [0.2, 0.25) is 0 Å². The summed E-state index contributed by atoms with van der Waals surface area (Å²) in [6.45, 7) is 2.36. The third kappa shape index (κ3) is 5.20. The molecule has 2 rings (SSSR count). The van der Waals surface area contributed by atoms with Gasteiger partial charge < -0.3 is 6.42 Å². The minimum atomic E-state index is 0. The van der Waals surface area contributed by atoms with Crippen LogP contribution in [0.3, 0.4) is 0 Å². The van der Waals surface area contributed by atoms with Gasteiger partial charge in [-0.2, -0.15) is 12.8 Å². The first-order valence-corrected chi connectivity index (χ1v) is 7.20.